The van der Waals surface area contributed by atoms with Crippen LogP contribution in [0, 0.1) is 23.2 Å². The van der Waals surface area contributed by atoms with E-state index in [1.165, 1.54) is 11.1 Å². The summed E-state index contributed by atoms with van der Waals surface area (Å²) in [6.45, 7) is 7.46. The molecule has 1 heterocycles. The van der Waals surface area contributed by atoms with E-state index in [0.29, 0.717) is 42.6 Å². The number of unbranched alkanes of at least 4 members (excludes halogenated alkanes) is 1. The van der Waals surface area contributed by atoms with Gasteiger partial charge in [-0.05, 0) is 105 Å². The number of hydrogen-bond donors (Lipinski definition) is 2. The van der Waals surface area contributed by atoms with Crippen LogP contribution in [0.2, 0.25) is 5.02 Å². The fourth-order valence-corrected chi connectivity index (χ4v) is 8.47. The SMILES string of the molecule is C=CCCC(C#N)S(=O)(=O)NC(=O)c1ccc2c(c1)N(C[C@@H]1CC[C@H]1C(O)/C=C/CCC)C[C@@]1(CCCc3cc(Cl)ccc31)CO2. The number of aliphatic hydroxyl groups excluding tert-OH is 1. The van der Waals surface area contributed by atoms with Gasteiger partial charge in [0.25, 0.3) is 15.9 Å². The second-order valence-electron chi connectivity index (χ2n) is 13.0. The van der Waals surface area contributed by atoms with Crippen LogP contribution in [0.1, 0.15) is 79.8 Å². The molecule has 0 saturated heterocycles. The lowest BCUT2D eigenvalue weighted by atomic mass is 9.68. The Morgan fingerprint density at radius 3 is 2.83 bits per heavy atom. The second-order valence-corrected chi connectivity index (χ2v) is 15.3. The van der Waals surface area contributed by atoms with Crippen molar-refractivity contribution in [1.82, 2.24) is 4.72 Å². The Hall–Kier alpha value is -3.32. The number of anilines is 1. The molecule has 2 aliphatic carbocycles. The van der Waals surface area contributed by atoms with Crippen molar-refractivity contribution < 1.29 is 23.1 Å². The lowest BCUT2D eigenvalue weighted by molar-refractivity contribution is 0.0456. The van der Waals surface area contributed by atoms with Crippen LogP contribution in [0.25, 0.3) is 0 Å². The second kappa shape index (κ2) is 14.6. The van der Waals surface area contributed by atoms with E-state index in [4.69, 9.17) is 16.3 Å². The monoisotopic (exact) mass is 665 g/mol. The van der Waals surface area contributed by atoms with Gasteiger partial charge in [0.2, 0.25) is 0 Å². The highest BCUT2D eigenvalue weighted by molar-refractivity contribution is 7.90. The van der Waals surface area contributed by atoms with Gasteiger partial charge in [0, 0.05) is 29.1 Å². The number of allylic oxidation sites excluding steroid dienone is 2. The van der Waals surface area contributed by atoms with Gasteiger partial charge in [-0.2, -0.15) is 5.26 Å². The Bertz CT molecular complexity index is 1620. The van der Waals surface area contributed by atoms with Crippen LogP contribution in [0.15, 0.2) is 61.2 Å². The first kappa shape index (κ1) is 34.0. The van der Waals surface area contributed by atoms with E-state index in [9.17, 15) is 23.6 Å². The molecule has 1 fully saturated rings. The lowest BCUT2D eigenvalue weighted by Crippen LogP contribution is -2.49. The fraction of sp³-hybridized carbons (Fsp3) is 0.500. The van der Waals surface area contributed by atoms with Crippen LogP contribution in [0.3, 0.4) is 0 Å². The Kier molecular flexibility index (Phi) is 10.8. The molecule has 0 aromatic heterocycles. The van der Waals surface area contributed by atoms with Gasteiger partial charge in [0.05, 0.1) is 24.5 Å². The summed E-state index contributed by atoms with van der Waals surface area (Å²) in [5.41, 5.74) is 3.01. The van der Waals surface area contributed by atoms with E-state index >= 15 is 0 Å². The standard InChI is InChI=1S/C36H44ClN3O5S/c1-3-5-7-11-33(41)30-15-12-27(30)22-40-23-36(18-8-9-25-19-28(37)14-16-31(25)36)24-45-34-17-13-26(20-32(34)40)35(42)39-46(43,44)29(21-38)10-6-4-2/h4,7,11,13-14,16-17,19-20,27,29-30,33,41H,2-3,5-6,8-10,12,15,18,22-24H2,1H3,(H,39,42)/b11-7+/t27-,29?,30+,33?,36-/m0/s1. The van der Waals surface area contributed by atoms with Gasteiger partial charge >= 0.3 is 0 Å². The number of carbonyl (C=O) groups is 1. The minimum atomic E-state index is -4.23. The van der Waals surface area contributed by atoms with E-state index < -0.39 is 27.3 Å². The third kappa shape index (κ3) is 7.30. The van der Waals surface area contributed by atoms with Gasteiger partial charge in [0.1, 0.15) is 5.75 Å². The molecule has 5 rings (SSSR count). The Labute approximate surface area is 278 Å². The third-order valence-electron chi connectivity index (χ3n) is 9.84. The summed E-state index contributed by atoms with van der Waals surface area (Å²) in [6, 6.07) is 12.9. The maximum absolute atomic E-state index is 13.3. The summed E-state index contributed by atoms with van der Waals surface area (Å²) in [4.78, 5) is 15.6. The largest absolute Gasteiger partial charge is 0.490 e. The van der Waals surface area contributed by atoms with E-state index in [2.05, 4.69) is 35.3 Å². The van der Waals surface area contributed by atoms with Crippen LogP contribution < -0.4 is 14.4 Å². The van der Waals surface area contributed by atoms with Crippen LogP contribution in [0.4, 0.5) is 5.69 Å². The maximum Gasteiger partial charge on any atom is 0.264 e. The van der Waals surface area contributed by atoms with Crippen LogP contribution in [-0.2, 0) is 21.9 Å². The topological polar surface area (TPSA) is 120 Å². The van der Waals surface area contributed by atoms with Crippen molar-refractivity contribution in [3.63, 3.8) is 0 Å². The number of fused-ring (bicyclic) bond motifs is 3. The minimum absolute atomic E-state index is 0.0469. The van der Waals surface area contributed by atoms with Crippen molar-refractivity contribution in [3.8, 4) is 11.8 Å². The summed E-state index contributed by atoms with van der Waals surface area (Å²) in [6.07, 6.45) is 12.1. The molecule has 2 aromatic rings. The molecule has 1 saturated carbocycles. The molecule has 8 nitrogen and oxygen atoms in total. The van der Waals surface area contributed by atoms with Crippen LogP contribution >= 0.6 is 11.6 Å². The number of nitrogens with one attached hydrogen (secondary N) is 1. The molecular weight excluding hydrogens is 622 g/mol. The average molecular weight is 666 g/mol. The molecule has 3 aliphatic rings. The lowest BCUT2D eigenvalue weighted by Gasteiger charge is -2.45. The molecule has 246 valence electrons. The zero-order chi connectivity index (χ0) is 32.9. The molecule has 1 spiro atoms. The highest BCUT2D eigenvalue weighted by Gasteiger charge is 2.44. The predicted octanol–water partition coefficient (Wildman–Crippen LogP) is 6.47. The highest BCUT2D eigenvalue weighted by Crippen LogP contribution is 2.46. The third-order valence-corrected chi connectivity index (χ3v) is 11.6. The number of benzene rings is 2. The molecule has 0 radical (unpaired) electrons. The van der Waals surface area contributed by atoms with Gasteiger partial charge in [-0.1, -0.05) is 49.2 Å². The first-order valence-corrected chi connectivity index (χ1v) is 18.2. The molecular formula is C36H44ClN3O5S. The summed E-state index contributed by atoms with van der Waals surface area (Å²) in [5.74, 6) is 0.189. The number of ether oxygens (including phenoxy) is 1. The van der Waals surface area contributed by atoms with Gasteiger partial charge in [-0.15, -0.1) is 6.58 Å². The van der Waals surface area contributed by atoms with Gasteiger partial charge in [-0.25, -0.2) is 13.1 Å². The van der Waals surface area contributed by atoms with Gasteiger partial charge in [-0.3, -0.25) is 4.79 Å². The van der Waals surface area contributed by atoms with E-state index in [-0.39, 0.29) is 29.2 Å². The van der Waals surface area contributed by atoms with Crippen molar-refractivity contribution >= 4 is 33.2 Å². The smallest absolute Gasteiger partial charge is 0.264 e. The minimum Gasteiger partial charge on any atom is -0.490 e. The number of hydrogen-bond acceptors (Lipinski definition) is 7. The fourth-order valence-electron chi connectivity index (χ4n) is 7.17. The quantitative estimate of drug-likeness (QED) is 0.249. The van der Waals surface area contributed by atoms with E-state index in [0.717, 1.165) is 44.9 Å². The number of halogens is 1. The van der Waals surface area contributed by atoms with E-state index in [1.807, 2.05) is 18.2 Å². The molecule has 5 atom stereocenters. The molecule has 2 N–H and O–H groups in total. The van der Waals surface area contributed by atoms with Gasteiger partial charge in [0.15, 0.2) is 5.25 Å². The molecule has 2 aromatic carbocycles. The van der Waals surface area contributed by atoms with E-state index in [1.54, 1.807) is 30.3 Å². The van der Waals surface area contributed by atoms with Crippen LogP contribution in [0.5, 0.6) is 5.75 Å². The molecule has 1 aliphatic heterocycles. The molecule has 10 heteroatoms. The van der Waals surface area contributed by atoms with Crippen LogP contribution in [-0.4, -0.2) is 50.5 Å². The van der Waals surface area contributed by atoms with Gasteiger partial charge < -0.3 is 14.7 Å². The van der Waals surface area contributed by atoms with Crippen molar-refractivity contribution in [1.29, 1.82) is 5.26 Å². The Morgan fingerprint density at radius 2 is 2.11 bits per heavy atom. The highest BCUT2D eigenvalue weighted by atomic mass is 35.5. The first-order chi connectivity index (χ1) is 22.1. The number of carbonyl (C=O) groups excluding carboxylic acids is 1. The molecule has 0 bridgehead atoms. The van der Waals surface area contributed by atoms with Crippen molar-refractivity contribution in [3.05, 3.63) is 82.9 Å². The molecule has 1 amide bonds. The Morgan fingerprint density at radius 1 is 1.28 bits per heavy atom. The first-order valence-electron chi connectivity index (χ1n) is 16.3. The number of nitriles is 1. The number of aryl methyl sites for hydroxylation is 1. The predicted molar refractivity (Wildman–Crippen MR) is 182 cm³/mol. The maximum atomic E-state index is 13.3. The zero-order valence-corrected chi connectivity index (χ0v) is 28.0. The number of nitrogens with zero attached hydrogens (tertiary/aromatic N) is 2. The van der Waals surface area contributed by atoms with Crippen molar-refractivity contribution in [2.24, 2.45) is 11.8 Å². The number of sulfonamides is 1. The van der Waals surface area contributed by atoms with Crippen molar-refractivity contribution in [2.75, 3.05) is 24.6 Å². The zero-order valence-electron chi connectivity index (χ0n) is 26.5. The van der Waals surface area contributed by atoms with Crippen molar-refractivity contribution in [2.45, 2.75) is 81.5 Å². The molecule has 46 heavy (non-hydrogen) atoms. The number of rotatable bonds is 12. The summed E-state index contributed by atoms with van der Waals surface area (Å²) in [7, 11) is -4.23. The summed E-state index contributed by atoms with van der Waals surface area (Å²) in [5, 5.41) is 19.8. The number of aliphatic hydroxyl groups is 1. The normalized spacial score (nSPS) is 23.7. The summed E-state index contributed by atoms with van der Waals surface area (Å²) >= 11 is 6.40. The average Bonchev–Trinajstić information content (AvgIpc) is 3.16. The Balaban J connectivity index is 1.47. The molecule has 2 unspecified atom stereocenters. The number of amides is 1. The summed E-state index contributed by atoms with van der Waals surface area (Å²) < 4.78 is 34.5.